The lowest BCUT2D eigenvalue weighted by Crippen LogP contribution is -2.56. The van der Waals surface area contributed by atoms with Crippen LogP contribution in [0.4, 0.5) is 0 Å². The van der Waals surface area contributed by atoms with Crippen LogP contribution in [0.1, 0.15) is 65.2 Å². The maximum atomic E-state index is 13.0. The van der Waals surface area contributed by atoms with Crippen LogP contribution in [0.15, 0.2) is 0 Å². The molecule has 22 heavy (non-hydrogen) atoms. The fraction of sp³-hybridized carbons (Fsp3) is 0.947. The highest BCUT2D eigenvalue weighted by Gasteiger charge is 2.61. The first-order valence-corrected chi connectivity index (χ1v) is 9.22. The Morgan fingerprint density at radius 1 is 1.00 bits per heavy atom. The lowest BCUT2D eigenvalue weighted by molar-refractivity contribution is -0.158. The van der Waals surface area contributed by atoms with E-state index in [-0.39, 0.29) is 29.0 Å². The van der Waals surface area contributed by atoms with Crippen LogP contribution in [0.25, 0.3) is 0 Å². The Bertz CT molecular complexity index is 489. The molecule has 3 nitrogen and oxygen atoms in total. The Labute approximate surface area is 133 Å². The third-order valence-electron chi connectivity index (χ3n) is 8.19. The van der Waals surface area contributed by atoms with E-state index in [1.165, 1.54) is 0 Å². The zero-order chi connectivity index (χ0) is 15.7. The van der Waals surface area contributed by atoms with Gasteiger partial charge in [-0.3, -0.25) is 4.79 Å². The van der Waals surface area contributed by atoms with Gasteiger partial charge in [-0.1, -0.05) is 13.8 Å². The first-order valence-electron chi connectivity index (χ1n) is 9.22. The maximum Gasteiger partial charge on any atom is 0.136 e. The molecule has 0 aliphatic heterocycles. The lowest BCUT2D eigenvalue weighted by atomic mass is 9.45. The third-order valence-corrected chi connectivity index (χ3v) is 8.19. The van der Waals surface area contributed by atoms with Crippen molar-refractivity contribution in [1.29, 1.82) is 0 Å². The van der Waals surface area contributed by atoms with Crippen molar-refractivity contribution in [2.24, 2.45) is 34.5 Å². The van der Waals surface area contributed by atoms with Crippen molar-refractivity contribution in [2.75, 3.05) is 0 Å². The Balaban J connectivity index is 1.68. The van der Waals surface area contributed by atoms with Crippen molar-refractivity contribution in [3.8, 4) is 0 Å². The summed E-state index contributed by atoms with van der Waals surface area (Å²) in [4.78, 5) is 13.0. The molecule has 0 spiro atoms. The smallest absolute Gasteiger partial charge is 0.136 e. The number of rotatable bonds is 0. The minimum absolute atomic E-state index is 0.174. The highest BCUT2D eigenvalue weighted by molar-refractivity contribution is 5.83. The molecular formula is C19H30O3. The second-order valence-corrected chi connectivity index (χ2v) is 9.33. The van der Waals surface area contributed by atoms with Gasteiger partial charge in [-0.25, -0.2) is 0 Å². The summed E-state index contributed by atoms with van der Waals surface area (Å²) in [7, 11) is 0. The van der Waals surface area contributed by atoms with Gasteiger partial charge in [-0.15, -0.1) is 0 Å². The minimum Gasteiger partial charge on any atom is -0.393 e. The predicted octanol–water partition coefficient (Wildman–Crippen LogP) is 2.93. The van der Waals surface area contributed by atoms with Crippen molar-refractivity contribution in [3.63, 3.8) is 0 Å². The average Bonchev–Trinajstić information content (AvgIpc) is 2.75. The van der Waals surface area contributed by atoms with Gasteiger partial charge >= 0.3 is 0 Å². The Morgan fingerprint density at radius 3 is 2.55 bits per heavy atom. The van der Waals surface area contributed by atoms with E-state index in [1.54, 1.807) is 0 Å². The Morgan fingerprint density at radius 2 is 1.77 bits per heavy atom. The third kappa shape index (κ3) is 1.97. The summed E-state index contributed by atoms with van der Waals surface area (Å²) in [6.07, 6.45) is 7.04. The summed E-state index contributed by atoms with van der Waals surface area (Å²) in [5.74, 6) is 1.85. The standard InChI is InChI=1S/C19H30O3/c1-18-5-4-14-17(15(18)9-13(21)10-18)16(22)8-11-7-12(20)3-6-19(11,14)2/h11-15,17,20-21H,3-10H2,1-2H3/t11-,12+,13-,14+,15+,17-,18-,19+/m1/s1. The first kappa shape index (κ1) is 15.1. The highest BCUT2D eigenvalue weighted by Crippen LogP contribution is 2.65. The average molecular weight is 306 g/mol. The number of fused-ring (bicyclic) bond motifs is 5. The highest BCUT2D eigenvalue weighted by atomic mass is 16.3. The van der Waals surface area contributed by atoms with Gasteiger partial charge in [-0.05, 0) is 73.5 Å². The van der Waals surface area contributed by atoms with Gasteiger partial charge in [0.05, 0.1) is 12.2 Å². The molecule has 4 saturated carbocycles. The number of ketones is 1. The summed E-state index contributed by atoms with van der Waals surface area (Å²) in [5, 5.41) is 20.2. The van der Waals surface area contributed by atoms with Gasteiger partial charge in [0.1, 0.15) is 5.78 Å². The van der Waals surface area contributed by atoms with Crippen molar-refractivity contribution >= 4 is 5.78 Å². The summed E-state index contributed by atoms with van der Waals surface area (Å²) >= 11 is 0. The molecule has 4 aliphatic carbocycles. The molecule has 0 aromatic rings. The summed E-state index contributed by atoms with van der Waals surface area (Å²) in [5.41, 5.74) is 0.403. The number of aliphatic hydroxyl groups is 2. The van der Waals surface area contributed by atoms with Gasteiger partial charge in [0.25, 0.3) is 0 Å². The molecule has 0 aromatic heterocycles. The molecule has 0 amide bonds. The van der Waals surface area contributed by atoms with Gasteiger partial charge in [0.2, 0.25) is 0 Å². The fourth-order valence-electron chi connectivity index (χ4n) is 6.93. The molecule has 0 saturated heterocycles. The van der Waals surface area contributed by atoms with E-state index in [2.05, 4.69) is 13.8 Å². The Hall–Kier alpha value is -0.410. The second kappa shape index (κ2) is 4.80. The van der Waals surface area contributed by atoms with E-state index >= 15 is 0 Å². The number of carbonyl (C=O) groups excluding carboxylic acids is 1. The van der Waals surface area contributed by atoms with Gasteiger partial charge in [0.15, 0.2) is 0 Å². The minimum atomic E-state index is -0.208. The van der Waals surface area contributed by atoms with Gasteiger partial charge < -0.3 is 10.2 Å². The zero-order valence-electron chi connectivity index (χ0n) is 13.9. The van der Waals surface area contributed by atoms with E-state index in [1.807, 2.05) is 0 Å². The van der Waals surface area contributed by atoms with Crippen LogP contribution in [0, 0.1) is 34.5 Å². The number of Topliss-reactive ketones (excluding diaryl/α,β-unsaturated/α-hetero) is 1. The summed E-state index contributed by atoms with van der Waals surface area (Å²) in [6, 6.07) is 0. The van der Waals surface area contributed by atoms with E-state index in [0.717, 1.165) is 44.9 Å². The van der Waals surface area contributed by atoms with Gasteiger partial charge in [0, 0.05) is 12.3 Å². The van der Waals surface area contributed by atoms with Crippen LogP contribution in [0.2, 0.25) is 0 Å². The van der Waals surface area contributed by atoms with Crippen LogP contribution in [-0.2, 0) is 4.79 Å². The number of hydrogen-bond acceptors (Lipinski definition) is 3. The van der Waals surface area contributed by atoms with Crippen LogP contribution in [0.5, 0.6) is 0 Å². The Kier molecular flexibility index (Phi) is 3.30. The lowest BCUT2D eigenvalue weighted by Gasteiger charge is -2.59. The number of aliphatic hydroxyl groups excluding tert-OH is 2. The topological polar surface area (TPSA) is 57.5 Å². The molecule has 4 fully saturated rings. The molecular weight excluding hydrogens is 276 g/mol. The van der Waals surface area contributed by atoms with Crippen LogP contribution >= 0.6 is 0 Å². The molecule has 3 heteroatoms. The van der Waals surface area contributed by atoms with E-state index < -0.39 is 0 Å². The molecule has 0 unspecified atom stereocenters. The summed E-state index contributed by atoms with van der Waals surface area (Å²) in [6.45, 7) is 4.69. The van der Waals surface area contributed by atoms with Crippen molar-refractivity contribution in [2.45, 2.75) is 77.4 Å². The van der Waals surface area contributed by atoms with Crippen molar-refractivity contribution in [1.82, 2.24) is 0 Å². The molecule has 2 N–H and O–H groups in total. The molecule has 124 valence electrons. The SMILES string of the molecule is C[C@]12CC[C@H]3[C@@H](C(=O)C[C@H]4C[C@@H](O)CC[C@@]43C)[C@@H]1C[C@@H](O)C2. The molecule has 8 atom stereocenters. The maximum absolute atomic E-state index is 13.0. The summed E-state index contributed by atoms with van der Waals surface area (Å²) < 4.78 is 0. The van der Waals surface area contributed by atoms with Crippen molar-refractivity contribution in [3.05, 3.63) is 0 Å². The van der Waals surface area contributed by atoms with Crippen LogP contribution in [-0.4, -0.2) is 28.2 Å². The van der Waals surface area contributed by atoms with Crippen LogP contribution in [0.3, 0.4) is 0 Å². The molecule has 0 aromatic carbocycles. The van der Waals surface area contributed by atoms with E-state index in [9.17, 15) is 15.0 Å². The quantitative estimate of drug-likeness (QED) is 0.723. The normalized spacial score (nSPS) is 57.9. The van der Waals surface area contributed by atoms with E-state index in [4.69, 9.17) is 0 Å². The number of hydrogen-bond donors (Lipinski definition) is 2. The zero-order valence-corrected chi connectivity index (χ0v) is 13.9. The van der Waals surface area contributed by atoms with Crippen molar-refractivity contribution < 1.29 is 15.0 Å². The molecule has 4 aliphatic rings. The van der Waals surface area contributed by atoms with Crippen LogP contribution < -0.4 is 0 Å². The van der Waals surface area contributed by atoms with E-state index in [0.29, 0.717) is 30.0 Å². The molecule has 0 heterocycles. The molecule has 4 rings (SSSR count). The molecule has 0 radical (unpaired) electrons. The predicted molar refractivity (Wildman–Crippen MR) is 84.1 cm³/mol. The second-order valence-electron chi connectivity index (χ2n) is 9.33. The number of carbonyl (C=O) groups is 1. The monoisotopic (exact) mass is 306 g/mol. The first-order chi connectivity index (χ1) is 10.3. The largest absolute Gasteiger partial charge is 0.393 e. The van der Waals surface area contributed by atoms with Gasteiger partial charge in [-0.2, -0.15) is 0 Å². The molecule has 0 bridgehead atoms. The fourth-order valence-corrected chi connectivity index (χ4v) is 6.93.